The number of aromatic nitrogens is 1. The smallest absolute Gasteiger partial charge is 0.331 e. The van der Waals surface area contributed by atoms with E-state index in [1.54, 1.807) is 0 Å². The summed E-state index contributed by atoms with van der Waals surface area (Å²) in [4.78, 5) is 18.1. The summed E-state index contributed by atoms with van der Waals surface area (Å²) in [5, 5.41) is 13.8. The van der Waals surface area contributed by atoms with Crippen molar-refractivity contribution in [1.29, 1.82) is 0 Å². The molecule has 2 N–H and O–H groups in total. The molecule has 0 amide bonds. The van der Waals surface area contributed by atoms with Gasteiger partial charge in [-0.3, -0.25) is 4.98 Å². The molecule has 0 saturated heterocycles. The first-order valence-corrected chi connectivity index (χ1v) is 17.5. The van der Waals surface area contributed by atoms with Gasteiger partial charge in [0.25, 0.3) is 6.29 Å². The molecule has 8 nitrogen and oxygen atoms in total. The molecule has 3 aliphatic carbocycles. The van der Waals surface area contributed by atoms with Gasteiger partial charge < -0.3 is 29.4 Å². The number of hydrogen-bond donors (Lipinski definition) is 2. The molecule has 2 heterocycles. The van der Waals surface area contributed by atoms with Crippen LogP contribution < -0.4 is 19.5 Å². The molecule has 4 aliphatic rings. The Hall–Kier alpha value is -3.49. The maximum atomic E-state index is 13.5. The molecular weight excluding hydrogens is 616 g/mol. The van der Waals surface area contributed by atoms with Crippen molar-refractivity contribution in [3.05, 3.63) is 76.1 Å². The molecule has 1 aliphatic heterocycles. The van der Waals surface area contributed by atoms with Crippen LogP contribution >= 0.6 is 11.6 Å². The monoisotopic (exact) mass is 660 g/mol. The molecule has 2 aromatic carbocycles. The van der Waals surface area contributed by atoms with Crippen LogP contribution in [0.2, 0.25) is 5.02 Å². The standard InChI is InChI=1S/C38H45ClN2O6/c1-23(22-45-31-10-15-40-30-9-4-6-24(2)35(30)31)16-26-17-25-18-32-33(47-34(21-42)46-32)20-29(25)37(26)11-13-38(14-12-37,36(43)44-3)41-28-8-5-7-27(39)19-28/h5,7-8,10,15,18-20,23-24,26,34,41-42H,4,6,9,11-14,16-17,21-22H2,1-3H3/t23-,24-,26+,34?,37?,38?/m1/s1. The Morgan fingerprint density at radius 3 is 2.68 bits per heavy atom. The van der Waals surface area contributed by atoms with E-state index >= 15 is 0 Å². The lowest BCUT2D eigenvalue weighted by molar-refractivity contribution is -0.148. The fourth-order valence-corrected chi connectivity index (χ4v) is 9.05. The molecule has 1 fully saturated rings. The first kappa shape index (κ1) is 32.1. The van der Waals surface area contributed by atoms with Gasteiger partial charge in [-0.15, -0.1) is 0 Å². The number of esters is 1. The Labute approximate surface area is 282 Å². The van der Waals surface area contributed by atoms with E-state index < -0.39 is 11.8 Å². The lowest BCUT2D eigenvalue weighted by Crippen LogP contribution is -2.53. The molecule has 9 heteroatoms. The Balaban J connectivity index is 1.15. The van der Waals surface area contributed by atoms with Crippen molar-refractivity contribution >= 4 is 23.3 Å². The Morgan fingerprint density at radius 1 is 1.15 bits per heavy atom. The molecule has 0 bridgehead atoms. The minimum Gasteiger partial charge on any atom is -0.493 e. The highest BCUT2D eigenvalue weighted by molar-refractivity contribution is 6.30. The van der Waals surface area contributed by atoms with Crippen LogP contribution in [0.1, 0.15) is 87.1 Å². The number of nitrogens with zero attached hydrogens (tertiary/aromatic N) is 1. The van der Waals surface area contributed by atoms with Crippen LogP contribution in [0, 0.1) is 11.8 Å². The summed E-state index contributed by atoms with van der Waals surface area (Å²) in [5.74, 6) is 3.21. The molecule has 1 aromatic heterocycles. The first-order chi connectivity index (χ1) is 22.7. The van der Waals surface area contributed by atoms with Crippen molar-refractivity contribution < 1.29 is 28.8 Å². The molecule has 47 heavy (non-hydrogen) atoms. The number of aliphatic hydroxyl groups is 1. The van der Waals surface area contributed by atoms with E-state index in [1.165, 1.54) is 42.3 Å². The van der Waals surface area contributed by atoms with Crippen molar-refractivity contribution in [1.82, 2.24) is 4.98 Å². The van der Waals surface area contributed by atoms with Crippen molar-refractivity contribution in [3.63, 3.8) is 0 Å². The second-order valence-electron chi connectivity index (χ2n) is 14.2. The highest BCUT2D eigenvalue weighted by Gasteiger charge is 2.55. The number of nitrogens with one attached hydrogen (secondary N) is 1. The summed E-state index contributed by atoms with van der Waals surface area (Å²) >= 11 is 6.31. The zero-order chi connectivity index (χ0) is 32.8. The summed E-state index contributed by atoms with van der Waals surface area (Å²) in [6.07, 6.45) is 9.30. The normalized spacial score (nSPS) is 28.0. The molecule has 1 spiro atoms. The van der Waals surface area contributed by atoms with Gasteiger partial charge in [0, 0.05) is 28.2 Å². The third-order valence-corrected chi connectivity index (χ3v) is 11.4. The number of anilines is 1. The molecule has 1 saturated carbocycles. The quantitative estimate of drug-likeness (QED) is 0.230. The Kier molecular flexibility index (Phi) is 8.77. The van der Waals surface area contributed by atoms with Gasteiger partial charge in [-0.2, -0.15) is 0 Å². The molecular formula is C38H45ClN2O6. The van der Waals surface area contributed by atoms with Gasteiger partial charge in [-0.1, -0.05) is 31.5 Å². The van der Waals surface area contributed by atoms with Gasteiger partial charge in [0.1, 0.15) is 17.9 Å². The van der Waals surface area contributed by atoms with Gasteiger partial charge in [0.05, 0.1) is 13.7 Å². The molecule has 250 valence electrons. The molecule has 1 unspecified atom stereocenters. The number of hydrogen-bond acceptors (Lipinski definition) is 8. The predicted molar refractivity (Wildman–Crippen MR) is 181 cm³/mol. The summed E-state index contributed by atoms with van der Waals surface area (Å²) in [7, 11) is 1.46. The Morgan fingerprint density at radius 2 is 1.94 bits per heavy atom. The topological polar surface area (TPSA) is 99.1 Å². The highest BCUT2D eigenvalue weighted by atomic mass is 35.5. The zero-order valence-corrected chi connectivity index (χ0v) is 28.3. The van der Waals surface area contributed by atoms with Crippen LogP contribution in [0.15, 0.2) is 48.7 Å². The number of fused-ring (bicyclic) bond motifs is 4. The third kappa shape index (κ3) is 5.92. The van der Waals surface area contributed by atoms with E-state index in [4.69, 9.17) is 30.5 Å². The zero-order valence-electron chi connectivity index (χ0n) is 27.5. The van der Waals surface area contributed by atoms with Crippen LogP contribution in [-0.4, -0.2) is 48.2 Å². The average molecular weight is 661 g/mol. The average Bonchev–Trinajstić information content (AvgIpc) is 3.61. The largest absolute Gasteiger partial charge is 0.493 e. The van der Waals surface area contributed by atoms with Gasteiger partial charge in [-0.05, 0) is 128 Å². The lowest BCUT2D eigenvalue weighted by atomic mass is 9.59. The van der Waals surface area contributed by atoms with Crippen LogP contribution in [0.4, 0.5) is 5.69 Å². The van der Waals surface area contributed by atoms with Crippen LogP contribution in [-0.2, 0) is 27.8 Å². The highest BCUT2D eigenvalue weighted by Crippen LogP contribution is 2.58. The number of benzene rings is 2. The number of aliphatic hydroxyl groups excluding tert-OH is 1. The second kappa shape index (κ2) is 12.8. The third-order valence-electron chi connectivity index (χ3n) is 11.2. The number of rotatable bonds is 9. The van der Waals surface area contributed by atoms with E-state index in [1.807, 2.05) is 36.5 Å². The van der Waals surface area contributed by atoms with Crippen molar-refractivity contribution in [2.75, 3.05) is 25.6 Å². The van der Waals surface area contributed by atoms with Crippen LogP contribution in [0.5, 0.6) is 17.2 Å². The molecule has 4 atom stereocenters. The van der Waals surface area contributed by atoms with E-state index in [0.717, 1.165) is 43.5 Å². The number of carbonyl (C=O) groups excluding carboxylic acids is 1. The molecule has 3 aromatic rings. The number of halogens is 1. The minimum atomic E-state index is -0.859. The fourth-order valence-electron chi connectivity index (χ4n) is 8.86. The SMILES string of the molecule is COC(=O)C1(Nc2cccc(Cl)c2)CCC2(CC1)c1cc3c(cc1C[C@@H]2C[C@@H](C)COc1ccnc2c1[C@H](C)CCC2)OC(CO)O3. The van der Waals surface area contributed by atoms with Crippen molar-refractivity contribution in [2.45, 2.75) is 94.8 Å². The summed E-state index contributed by atoms with van der Waals surface area (Å²) in [5.41, 5.74) is 4.79. The van der Waals surface area contributed by atoms with Crippen molar-refractivity contribution in [3.8, 4) is 17.2 Å². The van der Waals surface area contributed by atoms with Crippen LogP contribution in [0.25, 0.3) is 0 Å². The summed E-state index contributed by atoms with van der Waals surface area (Å²) < 4.78 is 23.8. The number of pyridine rings is 1. The van der Waals surface area contributed by atoms with E-state index in [0.29, 0.717) is 53.7 Å². The number of ether oxygens (including phenoxy) is 4. The minimum absolute atomic E-state index is 0.156. The van der Waals surface area contributed by atoms with E-state index in [-0.39, 0.29) is 18.0 Å². The van der Waals surface area contributed by atoms with Crippen LogP contribution in [0.3, 0.4) is 0 Å². The maximum Gasteiger partial charge on any atom is 0.331 e. The first-order valence-electron chi connectivity index (χ1n) is 17.1. The van der Waals surface area contributed by atoms with Gasteiger partial charge in [0.15, 0.2) is 11.5 Å². The molecule has 7 rings (SSSR count). The molecule has 0 radical (unpaired) electrons. The Bertz CT molecular complexity index is 1640. The summed E-state index contributed by atoms with van der Waals surface area (Å²) in [6.45, 7) is 4.99. The van der Waals surface area contributed by atoms with Crippen molar-refractivity contribution in [2.24, 2.45) is 11.8 Å². The summed E-state index contributed by atoms with van der Waals surface area (Å²) in [6, 6.07) is 13.8. The van der Waals surface area contributed by atoms with Gasteiger partial charge in [-0.25, -0.2) is 4.79 Å². The van der Waals surface area contributed by atoms with E-state index in [2.05, 4.69) is 36.3 Å². The van der Waals surface area contributed by atoms with E-state index in [9.17, 15) is 9.90 Å². The van der Waals surface area contributed by atoms with Gasteiger partial charge in [0.2, 0.25) is 0 Å². The fraction of sp³-hybridized carbons (Fsp3) is 0.526. The second-order valence-corrected chi connectivity index (χ2v) is 14.6. The lowest BCUT2D eigenvalue weighted by Gasteiger charge is -2.47. The maximum absolute atomic E-state index is 13.5. The number of aryl methyl sites for hydroxylation is 1. The number of carbonyl (C=O) groups is 1. The predicted octanol–water partition coefficient (Wildman–Crippen LogP) is 7.38. The van der Waals surface area contributed by atoms with Gasteiger partial charge >= 0.3 is 5.97 Å². The number of methoxy groups -OCH3 is 1.